The first-order chi connectivity index (χ1) is 9.16. The third-order valence-electron chi connectivity index (χ3n) is 3.55. The highest BCUT2D eigenvalue weighted by atomic mass is 16.5. The summed E-state index contributed by atoms with van der Waals surface area (Å²) < 4.78 is 6.98. The molecule has 19 heavy (non-hydrogen) atoms. The highest BCUT2D eigenvalue weighted by molar-refractivity contribution is 5.98. The number of aromatic nitrogens is 1. The molecular formula is C14H16N2O3. The summed E-state index contributed by atoms with van der Waals surface area (Å²) in [5, 5.41) is 13.5. The maximum atomic E-state index is 12.2. The molecule has 2 N–H and O–H groups in total. The van der Waals surface area contributed by atoms with Crippen LogP contribution in [0, 0.1) is 0 Å². The van der Waals surface area contributed by atoms with Gasteiger partial charge in [0.2, 0.25) is 0 Å². The first kappa shape index (κ1) is 12.2. The molecule has 2 heterocycles. The second kappa shape index (κ2) is 4.68. The second-order valence-electron chi connectivity index (χ2n) is 4.83. The van der Waals surface area contributed by atoms with Crippen LogP contribution in [-0.4, -0.2) is 40.9 Å². The molecule has 0 aliphatic carbocycles. The maximum absolute atomic E-state index is 12.2. The normalized spacial score (nSPS) is 22.8. The van der Waals surface area contributed by atoms with Gasteiger partial charge in [0.1, 0.15) is 5.69 Å². The molecule has 1 fully saturated rings. The van der Waals surface area contributed by atoms with Crippen LogP contribution < -0.4 is 5.32 Å². The Hall–Kier alpha value is -1.85. The van der Waals surface area contributed by atoms with E-state index in [1.807, 2.05) is 41.9 Å². The molecule has 0 saturated carbocycles. The fourth-order valence-corrected chi connectivity index (χ4v) is 2.43. The number of aliphatic hydroxyl groups excluding tert-OH is 1. The molecule has 1 aromatic heterocycles. The van der Waals surface area contributed by atoms with Crippen molar-refractivity contribution >= 4 is 16.8 Å². The van der Waals surface area contributed by atoms with Gasteiger partial charge in [-0.1, -0.05) is 18.2 Å². The predicted octanol–water partition coefficient (Wildman–Crippen LogP) is 0.668. The van der Waals surface area contributed by atoms with Gasteiger partial charge in [-0.2, -0.15) is 0 Å². The molecule has 0 radical (unpaired) electrons. The molecule has 0 bridgehead atoms. The largest absolute Gasteiger partial charge is 0.388 e. The quantitative estimate of drug-likeness (QED) is 0.834. The fraction of sp³-hybridized carbons (Fsp3) is 0.357. The van der Waals surface area contributed by atoms with Crippen LogP contribution in [0.1, 0.15) is 10.5 Å². The average molecular weight is 260 g/mol. The van der Waals surface area contributed by atoms with Crippen molar-refractivity contribution in [1.82, 2.24) is 9.88 Å². The molecule has 3 rings (SSSR count). The molecule has 2 atom stereocenters. The lowest BCUT2D eigenvalue weighted by Crippen LogP contribution is -2.43. The van der Waals surface area contributed by atoms with Gasteiger partial charge in [0.15, 0.2) is 0 Å². The van der Waals surface area contributed by atoms with Crippen LogP contribution in [0.3, 0.4) is 0 Å². The summed E-state index contributed by atoms with van der Waals surface area (Å²) in [6, 6.07) is 9.36. The molecule has 2 aromatic rings. The van der Waals surface area contributed by atoms with E-state index in [9.17, 15) is 9.90 Å². The molecule has 1 aromatic carbocycles. The number of carbonyl (C=O) groups excluding carboxylic acids is 1. The van der Waals surface area contributed by atoms with Crippen molar-refractivity contribution in [2.45, 2.75) is 12.1 Å². The number of nitrogens with one attached hydrogen (secondary N) is 1. The van der Waals surface area contributed by atoms with Crippen LogP contribution in [0.4, 0.5) is 0 Å². The highest BCUT2D eigenvalue weighted by Gasteiger charge is 2.28. The molecule has 1 saturated heterocycles. The fourth-order valence-electron chi connectivity index (χ4n) is 2.43. The van der Waals surface area contributed by atoms with Crippen molar-refractivity contribution in [2.75, 3.05) is 13.2 Å². The Morgan fingerprint density at radius 2 is 2.21 bits per heavy atom. The van der Waals surface area contributed by atoms with E-state index in [4.69, 9.17) is 4.74 Å². The number of nitrogens with zero attached hydrogens (tertiary/aromatic N) is 1. The number of para-hydroxylation sites is 1. The SMILES string of the molecule is Cn1c(C(=O)N[C@@H]2COC[C@H]2O)cc2ccccc21. The van der Waals surface area contributed by atoms with Gasteiger partial charge in [0.25, 0.3) is 5.91 Å². The van der Waals surface area contributed by atoms with Crippen molar-refractivity contribution in [3.63, 3.8) is 0 Å². The number of amides is 1. The van der Waals surface area contributed by atoms with E-state index in [1.54, 1.807) is 0 Å². The zero-order valence-electron chi connectivity index (χ0n) is 10.7. The van der Waals surface area contributed by atoms with E-state index >= 15 is 0 Å². The van der Waals surface area contributed by atoms with Crippen LogP contribution >= 0.6 is 0 Å². The lowest BCUT2D eigenvalue weighted by atomic mass is 10.2. The molecule has 1 aliphatic rings. The Labute approximate surface area is 110 Å². The lowest BCUT2D eigenvalue weighted by molar-refractivity contribution is 0.0879. The van der Waals surface area contributed by atoms with Gasteiger partial charge >= 0.3 is 0 Å². The third-order valence-corrected chi connectivity index (χ3v) is 3.55. The summed E-state index contributed by atoms with van der Waals surface area (Å²) in [5.41, 5.74) is 1.59. The van der Waals surface area contributed by atoms with Crippen LogP contribution in [0.15, 0.2) is 30.3 Å². The molecule has 0 spiro atoms. The zero-order valence-corrected chi connectivity index (χ0v) is 10.7. The van der Waals surface area contributed by atoms with Crippen LogP contribution in [0.2, 0.25) is 0 Å². The Kier molecular flexibility index (Phi) is 3.00. The van der Waals surface area contributed by atoms with E-state index < -0.39 is 6.10 Å². The van der Waals surface area contributed by atoms with Gasteiger partial charge in [-0.3, -0.25) is 4.79 Å². The van der Waals surface area contributed by atoms with Crippen molar-refractivity contribution in [1.29, 1.82) is 0 Å². The van der Waals surface area contributed by atoms with Crippen LogP contribution in [0.25, 0.3) is 10.9 Å². The van der Waals surface area contributed by atoms with Gasteiger partial charge < -0.3 is 19.7 Å². The standard InChI is InChI=1S/C14H16N2O3/c1-16-11-5-3-2-4-9(11)6-12(16)14(18)15-10-7-19-8-13(10)17/h2-6,10,13,17H,7-8H2,1H3,(H,15,18)/t10-,13-/m1/s1. The zero-order chi connectivity index (χ0) is 13.4. The van der Waals surface area contributed by atoms with Crippen molar-refractivity contribution in [3.05, 3.63) is 36.0 Å². The highest BCUT2D eigenvalue weighted by Crippen LogP contribution is 2.18. The van der Waals surface area contributed by atoms with E-state index in [0.717, 1.165) is 10.9 Å². The first-order valence-electron chi connectivity index (χ1n) is 6.28. The van der Waals surface area contributed by atoms with Crippen LogP contribution in [0.5, 0.6) is 0 Å². The number of benzene rings is 1. The summed E-state index contributed by atoms with van der Waals surface area (Å²) >= 11 is 0. The molecule has 1 aliphatic heterocycles. The average Bonchev–Trinajstić information content (AvgIpc) is 2.95. The minimum atomic E-state index is -0.626. The summed E-state index contributed by atoms with van der Waals surface area (Å²) in [6.45, 7) is 0.636. The van der Waals surface area contributed by atoms with Crippen molar-refractivity contribution in [3.8, 4) is 0 Å². The van der Waals surface area contributed by atoms with Crippen molar-refractivity contribution < 1.29 is 14.6 Å². The smallest absolute Gasteiger partial charge is 0.268 e. The summed E-state index contributed by atoms with van der Waals surface area (Å²) in [5.74, 6) is -0.187. The number of aryl methyl sites for hydroxylation is 1. The first-order valence-corrected chi connectivity index (χ1v) is 6.28. The minimum absolute atomic E-state index is 0.187. The van der Waals surface area contributed by atoms with Crippen molar-refractivity contribution in [2.24, 2.45) is 7.05 Å². The Morgan fingerprint density at radius 3 is 2.89 bits per heavy atom. The maximum Gasteiger partial charge on any atom is 0.268 e. The molecule has 0 unspecified atom stereocenters. The van der Waals surface area contributed by atoms with Gasteiger partial charge in [-0.05, 0) is 12.1 Å². The number of carbonyl (C=O) groups is 1. The Bertz CT molecular complexity index is 620. The number of hydrogen-bond acceptors (Lipinski definition) is 3. The second-order valence-corrected chi connectivity index (χ2v) is 4.83. The summed E-state index contributed by atoms with van der Waals surface area (Å²) in [6.07, 6.45) is -0.626. The number of ether oxygens (including phenoxy) is 1. The van der Waals surface area contributed by atoms with E-state index in [1.165, 1.54) is 0 Å². The third kappa shape index (κ3) is 2.11. The minimum Gasteiger partial charge on any atom is -0.388 e. The summed E-state index contributed by atoms with van der Waals surface area (Å²) in [7, 11) is 1.86. The number of hydrogen-bond donors (Lipinski definition) is 2. The van der Waals surface area contributed by atoms with Gasteiger partial charge in [-0.15, -0.1) is 0 Å². The molecule has 1 amide bonds. The number of aliphatic hydroxyl groups is 1. The van der Waals surface area contributed by atoms with Gasteiger partial charge in [0, 0.05) is 18.0 Å². The predicted molar refractivity (Wildman–Crippen MR) is 71.0 cm³/mol. The monoisotopic (exact) mass is 260 g/mol. The molecule has 5 heteroatoms. The topological polar surface area (TPSA) is 63.5 Å². The van der Waals surface area contributed by atoms with E-state index in [2.05, 4.69) is 5.32 Å². The van der Waals surface area contributed by atoms with E-state index in [0.29, 0.717) is 12.3 Å². The van der Waals surface area contributed by atoms with Gasteiger partial charge in [-0.25, -0.2) is 0 Å². The van der Waals surface area contributed by atoms with E-state index in [-0.39, 0.29) is 18.6 Å². The Balaban J connectivity index is 1.87. The molecule has 5 nitrogen and oxygen atoms in total. The Morgan fingerprint density at radius 1 is 1.42 bits per heavy atom. The lowest BCUT2D eigenvalue weighted by Gasteiger charge is -2.14. The number of fused-ring (bicyclic) bond motifs is 1. The molecular weight excluding hydrogens is 244 g/mol. The molecule has 100 valence electrons. The van der Waals surface area contributed by atoms with Gasteiger partial charge in [0.05, 0.1) is 25.4 Å². The number of rotatable bonds is 2. The summed E-state index contributed by atoms with van der Waals surface area (Å²) in [4.78, 5) is 12.2. The van der Waals surface area contributed by atoms with Crippen LogP contribution in [-0.2, 0) is 11.8 Å².